The number of carbonyl (C=O) groups excluding carboxylic acids is 1. The van der Waals surface area contributed by atoms with Gasteiger partial charge in [-0.25, -0.2) is 0 Å². The molecule has 108 valence electrons. The molecule has 0 aromatic heterocycles. The fraction of sp³-hybridized carbons (Fsp3) is 0.429. The van der Waals surface area contributed by atoms with E-state index in [0.717, 1.165) is 0 Å². The number of nitrogens with one attached hydrogen (secondary N) is 1. The second-order valence-corrected chi connectivity index (χ2v) is 4.78. The summed E-state index contributed by atoms with van der Waals surface area (Å²) in [6.07, 6.45) is 0.949. The first-order chi connectivity index (χ1) is 9.53. The van der Waals surface area contributed by atoms with Gasteiger partial charge in [-0.3, -0.25) is 9.59 Å². The molecule has 1 aliphatic carbocycles. The summed E-state index contributed by atoms with van der Waals surface area (Å²) in [5.74, 6) is -0.340. The average Bonchev–Trinajstić information content (AvgIpc) is 2.40. The van der Waals surface area contributed by atoms with Crippen LogP contribution in [0.3, 0.4) is 0 Å². The Kier molecular flexibility index (Phi) is 4.12. The molecule has 6 nitrogen and oxygen atoms in total. The van der Waals surface area contributed by atoms with Gasteiger partial charge in [-0.15, -0.1) is 0 Å². The molecule has 1 aliphatic rings. The van der Waals surface area contributed by atoms with Gasteiger partial charge in [-0.05, 0) is 25.0 Å². The zero-order chi connectivity index (χ0) is 14.7. The van der Waals surface area contributed by atoms with Gasteiger partial charge in [-0.1, -0.05) is 0 Å². The number of carboxylic acids is 1. The van der Waals surface area contributed by atoms with Gasteiger partial charge >= 0.3 is 5.97 Å². The number of aliphatic carboxylic acids is 1. The van der Waals surface area contributed by atoms with Crippen molar-refractivity contribution < 1.29 is 24.2 Å². The first-order valence-corrected chi connectivity index (χ1v) is 6.30. The highest BCUT2D eigenvalue weighted by molar-refractivity contribution is 5.95. The summed E-state index contributed by atoms with van der Waals surface area (Å²) in [4.78, 5) is 22.8. The van der Waals surface area contributed by atoms with E-state index in [1.165, 1.54) is 14.2 Å². The molecule has 0 heterocycles. The van der Waals surface area contributed by atoms with Crippen molar-refractivity contribution in [2.24, 2.45) is 5.92 Å². The largest absolute Gasteiger partial charge is 0.497 e. The molecule has 6 heteroatoms. The van der Waals surface area contributed by atoms with Crippen molar-refractivity contribution in [3.05, 3.63) is 23.8 Å². The SMILES string of the molecule is COc1cc(OC)cc(C(=O)NC2CC(C(=O)O)C2)c1. The Morgan fingerprint density at radius 1 is 1.15 bits per heavy atom. The number of hydrogen-bond acceptors (Lipinski definition) is 4. The van der Waals surface area contributed by atoms with Gasteiger partial charge in [0.05, 0.1) is 20.1 Å². The molecule has 0 radical (unpaired) electrons. The van der Waals surface area contributed by atoms with Crippen LogP contribution in [0, 0.1) is 5.92 Å². The second-order valence-electron chi connectivity index (χ2n) is 4.78. The van der Waals surface area contributed by atoms with Crippen LogP contribution in [0.25, 0.3) is 0 Å². The lowest BCUT2D eigenvalue weighted by atomic mass is 9.80. The first-order valence-electron chi connectivity index (χ1n) is 6.30. The van der Waals surface area contributed by atoms with E-state index in [-0.39, 0.29) is 17.9 Å². The van der Waals surface area contributed by atoms with Crippen molar-refractivity contribution in [1.82, 2.24) is 5.32 Å². The average molecular weight is 279 g/mol. The topological polar surface area (TPSA) is 84.9 Å². The lowest BCUT2D eigenvalue weighted by Crippen LogP contribution is -2.46. The third-order valence-electron chi connectivity index (χ3n) is 3.44. The minimum atomic E-state index is -0.807. The predicted molar refractivity (Wildman–Crippen MR) is 71.2 cm³/mol. The number of rotatable bonds is 5. The molecule has 2 rings (SSSR count). The molecule has 1 fully saturated rings. The van der Waals surface area contributed by atoms with Crippen molar-refractivity contribution >= 4 is 11.9 Å². The molecule has 2 N–H and O–H groups in total. The van der Waals surface area contributed by atoms with Gasteiger partial charge in [0.15, 0.2) is 0 Å². The highest BCUT2D eigenvalue weighted by Crippen LogP contribution is 2.28. The van der Waals surface area contributed by atoms with E-state index >= 15 is 0 Å². The van der Waals surface area contributed by atoms with Crippen molar-refractivity contribution in [1.29, 1.82) is 0 Å². The fourth-order valence-corrected chi connectivity index (χ4v) is 2.14. The number of methoxy groups -OCH3 is 2. The third kappa shape index (κ3) is 3.01. The lowest BCUT2D eigenvalue weighted by Gasteiger charge is -2.32. The molecule has 1 aromatic rings. The van der Waals surface area contributed by atoms with E-state index in [1.54, 1.807) is 18.2 Å². The number of carboxylic acid groups (broad SMARTS) is 1. The summed E-state index contributed by atoms with van der Waals surface area (Å²) >= 11 is 0. The summed E-state index contributed by atoms with van der Waals surface area (Å²) in [6, 6.07) is 4.83. The van der Waals surface area contributed by atoms with Crippen LogP contribution in [-0.4, -0.2) is 37.2 Å². The molecule has 1 saturated carbocycles. The molecule has 0 saturated heterocycles. The number of carbonyl (C=O) groups is 2. The van der Waals surface area contributed by atoms with Gasteiger partial charge in [0, 0.05) is 17.7 Å². The van der Waals surface area contributed by atoms with E-state index in [9.17, 15) is 9.59 Å². The van der Waals surface area contributed by atoms with Gasteiger partial charge in [-0.2, -0.15) is 0 Å². The molecule has 1 amide bonds. The molecule has 0 aliphatic heterocycles. The normalized spacial score (nSPS) is 20.7. The Balaban J connectivity index is 2.01. The van der Waals surface area contributed by atoms with Crippen LogP contribution in [0.15, 0.2) is 18.2 Å². The summed E-state index contributed by atoms with van der Waals surface area (Å²) in [5, 5.41) is 11.6. The number of amides is 1. The zero-order valence-electron chi connectivity index (χ0n) is 11.4. The van der Waals surface area contributed by atoms with Gasteiger partial charge in [0.1, 0.15) is 11.5 Å². The van der Waals surface area contributed by atoms with Crippen molar-refractivity contribution in [3.63, 3.8) is 0 Å². The molecule has 0 bridgehead atoms. The van der Waals surface area contributed by atoms with Gasteiger partial charge in [0.2, 0.25) is 0 Å². The molecular formula is C14H17NO5. The van der Waals surface area contributed by atoms with E-state index in [4.69, 9.17) is 14.6 Å². The molecule has 20 heavy (non-hydrogen) atoms. The minimum absolute atomic E-state index is 0.0826. The van der Waals surface area contributed by atoms with Crippen LogP contribution in [0.1, 0.15) is 23.2 Å². The Morgan fingerprint density at radius 2 is 1.70 bits per heavy atom. The quantitative estimate of drug-likeness (QED) is 0.848. The van der Waals surface area contributed by atoms with Gasteiger partial charge in [0.25, 0.3) is 5.91 Å². The van der Waals surface area contributed by atoms with Gasteiger partial charge < -0.3 is 19.9 Å². The number of benzene rings is 1. The summed E-state index contributed by atoms with van der Waals surface area (Å²) in [5.41, 5.74) is 0.431. The molecule has 0 unspecified atom stereocenters. The van der Waals surface area contributed by atoms with Crippen LogP contribution >= 0.6 is 0 Å². The standard InChI is InChI=1S/C14H17NO5/c1-19-11-5-8(6-12(7-11)20-2)13(16)15-10-3-9(4-10)14(17)18/h5-7,9-10H,3-4H2,1-2H3,(H,15,16)(H,17,18). The minimum Gasteiger partial charge on any atom is -0.497 e. The predicted octanol–water partition coefficient (Wildman–Crippen LogP) is 1.30. The maximum atomic E-state index is 12.1. The van der Waals surface area contributed by atoms with Crippen LogP contribution in [0.5, 0.6) is 11.5 Å². The van der Waals surface area contributed by atoms with E-state index in [1.807, 2.05) is 0 Å². The van der Waals surface area contributed by atoms with Crippen molar-refractivity contribution in [2.45, 2.75) is 18.9 Å². The number of ether oxygens (including phenoxy) is 2. The Bertz CT molecular complexity index is 500. The second kappa shape index (κ2) is 5.81. The molecule has 1 aromatic carbocycles. The Morgan fingerprint density at radius 3 is 2.15 bits per heavy atom. The summed E-state index contributed by atoms with van der Waals surface area (Å²) in [6.45, 7) is 0. The molecule has 0 atom stereocenters. The van der Waals surface area contributed by atoms with E-state index in [0.29, 0.717) is 29.9 Å². The monoisotopic (exact) mass is 279 g/mol. The summed E-state index contributed by atoms with van der Waals surface area (Å²) < 4.78 is 10.2. The lowest BCUT2D eigenvalue weighted by molar-refractivity contribution is -0.145. The smallest absolute Gasteiger partial charge is 0.306 e. The van der Waals surface area contributed by atoms with Crippen molar-refractivity contribution in [2.75, 3.05) is 14.2 Å². The zero-order valence-corrected chi connectivity index (χ0v) is 11.4. The van der Waals surface area contributed by atoms with Crippen LogP contribution in [0.4, 0.5) is 0 Å². The fourth-order valence-electron chi connectivity index (χ4n) is 2.14. The van der Waals surface area contributed by atoms with Crippen LogP contribution in [0.2, 0.25) is 0 Å². The molecule has 0 spiro atoms. The summed E-state index contributed by atoms with van der Waals surface area (Å²) in [7, 11) is 3.03. The highest BCUT2D eigenvalue weighted by atomic mass is 16.5. The third-order valence-corrected chi connectivity index (χ3v) is 3.44. The first kappa shape index (κ1) is 14.2. The highest BCUT2D eigenvalue weighted by Gasteiger charge is 2.35. The van der Waals surface area contributed by atoms with Crippen molar-refractivity contribution in [3.8, 4) is 11.5 Å². The maximum Gasteiger partial charge on any atom is 0.306 e. The van der Waals surface area contributed by atoms with E-state index < -0.39 is 5.97 Å². The number of hydrogen-bond donors (Lipinski definition) is 2. The Hall–Kier alpha value is -2.24. The van der Waals surface area contributed by atoms with E-state index in [2.05, 4.69) is 5.32 Å². The molecular weight excluding hydrogens is 262 g/mol. The Labute approximate surface area is 116 Å². The van der Waals surface area contributed by atoms with Crippen LogP contribution in [-0.2, 0) is 4.79 Å². The van der Waals surface area contributed by atoms with Crippen LogP contribution < -0.4 is 14.8 Å². The maximum absolute atomic E-state index is 12.1.